The molecule has 1 aromatic carbocycles. The van der Waals surface area contributed by atoms with Crippen molar-refractivity contribution in [2.45, 2.75) is 20.3 Å². The molecule has 0 saturated heterocycles. The molecule has 0 radical (unpaired) electrons. The van der Waals surface area contributed by atoms with Crippen molar-refractivity contribution in [2.24, 2.45) is 0 Å². The molecule has 25 heavy (non-hydrogen) atoms. The topological polar surface area (TPSA) is 109 Å². The lowest BCUT2D eigenvalue weighted by Crippen LogP contribution is -2.25. The van der Waals surface area contributed by atoms with Gasteiger partial charge in [-0.05, 0) is 38.0 Å². The van der Waals surface area contributed by atoms with E-state index < -0.39 is 18.4 Å². The maximum atomic E-state index is 11.5. The number of ether oxygens (including phenoxy) is 5. The van der Waals surface area contributed by atoms with E-state index in [9.17, 15) is 14.4 Å². The molecule has 0 aliphatic carbocycles. The van der Waals surface area contributed by atoms with Gasteiger partial charge in [0, 0.05) is 6.54 Å². The van der Waals surface area contributed by atoms with Gasteiger partial charge in [-0.25, -0.2) is 14.4 Å². The van der Waals surface area contributed by atoms with Gasteiger partial charge in [-0.2, -0.15) is 0 Å². The molecule has 0 saturated carbocycles. The maximum Gasteiger partial charge on any atom is 0.513 e. The van der Waals surface area contributed by atoms with Crippen LogP contribution in [0.5, 0.6) is 11.5 Å². The molecule has 1 N–H and O–H groups in total. The van der Waals surface area contributed by atoms with Crippen LogP contribution in [0.25, 0.3) is 0 Å². The third-order valence-corrected chi connectivity index (χ3v) is 2.79. The largest absolute Gasteiger partial charge is 0.513 e. The number of methoxy groups -OCH3 is 1. The van der Waals surface area contributed by atoms with Crippen molar-refractivity contribution in [3.05, 3.63) is 23.8 Å². The Morgan fingerprint density at radius 2 is 1.56 bits per heavy atom. The first-order chi connectivity index (χ1) is 12.0. The van der Waals surface area contributed by atoms with Crippen molar-refractivity contribution in [3.8, 4) is 11.5 Å². The monoisotopic (exact) mass is 355 g/mol. The molecule has 1 aromatic rings. The van der Waals surface area contributed by atoms with Gasteiger partial charge in [0.2, 0.25) is 0 Å². The van der Waals surface area contributed by atoms with Crippen LogP contribution >= 0.6 is 0 Å². The number of hydrogen-bond acceptors (Lipinski definition) is 8. The lowest BCUT2D eigenvalue weighted by molar-refractivity contribution is 0.0939. The second-order valence-corrected chi connectivity index (χ2v) is 4.52. The third-order valence-electron chi connectivity index (χ3n) is 2.79. The quantitative estimate of drug-likeness (QED) is 0.452. The summed E-state index contributed by atoms with van der Waals surface area (Å²) in [7, 11) is 1.27. The van der Waals surface area contributed by atoms with E-state index in [4.69, 9.17) is 18.9 Å². The molecule has 0 bridgehead atoms. The van der Waals surface area contributed by atoms with Gasteiger partial charge in [-0.1, -0.05) is 6.07 Å². The summed E-state index contributed by atoms with van der Waals surface area (Å²) in [6.45, 7) is 3.85. The molecule has 0 unspecified atom stereocenters. The molecule has 0 aliphatic heterocycles. The zero-order valence-corrected chi connectivity index (χ0v) is 14.3. The Morgan fingerprint density at radius 1 is 0.960 bits per heavy atom. The summed E-state index contributed by atoms with van der Waals surface area (Å²) in [5.74, 6) is 0.0123. The van der Waals surface area contributed by atoms with E-state index in [1.165, 1.54) is 19.2 Å². The van der Waals surface area contributed by atoms with Crippen LogP contribution in [0.3, 0.4) is 0 Å². The number of carbonyl (C=O) groups excluding carboxylic acids is 3. The Kier molecular flexibility index (Phi) is 8.62. The summed E-state index contributed by atoms with van der Waals surface area (Å²) in [5.41, 5.74) is 0.729. The molecule has 0 atom stereocenters. The van der Waals surface area contributed by atoms with Crippen LogP contribution in [0.1, 0.15) is 19.4 Å². The van der Waals surface area contributed by atoms with Gasteiger partial charge in [-0.3, -0.25) is 0 Å². The number of nitrogens with one attached hydrogen (secondary N) is 1. The molecule has 9 heteroatoms. The zero-order valence-electron chi connectivity index (χ0n) is 14.3. The lowest BCUT2D eigenvalue weighted by atomic mass is 10.1. The van der Waals surface area contributed by atoms with Gasteiger partial charge in [0.25, 0.3) is 0 Å². The third kappa shape index (κ3) is 7.42. The van der Waals surface area contributed by atoms with E-state index in [-0.39, 0.29) is 24.7 Å². The van der Waals surface area contributed by atoms with E-state index in [0.717, 1.165) is 5.56 Å². The Balaban J connectivity index is 2.86. The van der Waals surface area contributed by atoms with Gasteiger partial charge in [0.05, 0.1) is 20.3 Å². The minimum absolute atomic E-state index is 0.00192. The average molecular weight is 355 g/mol. The Hall–Kier alpha value is -2.97. The van der Waals surface area contributed by atoms with Crippen LogP contribution in [0, 0.1) is 0 Å². The Labute approximate surface area is 145 Å². The second-order valence-electron chi connectivity index (χ2n) is 4.52. The fourth-order valence-corrected chi connectivity index (χ4v) is 1.73. The van der Waals surface area contributed by atoms with Crippen LogP contribution in [0.4, 0.5) is 14.4 Å². The first kappa shape index (κ1) is 20.1. The van der Waals surface area contributed by atoms with E-state index in [2.05, 4.69) is 10.1 Å². The maximum absolute atomic E-state index is 11.5. The van der Waals surface area contributed by atoms with Crippen LogP contribution in [0.15, 0.2) is 18.2 Å². The minimum atomic E-state index is -0.930. The molecule has 0 aliphatic rings. The summed E-state index contributed by atoms with van der Waals surface area (Å²) in [6.07, 6.45) is -1.96. The Bertz CT molecular complexity index is 602. The number of amides is 1. The zero-order chi connectivity index (χ0) is 18.7. The van der Waals surface area contributed by atoms with Crippen molar-refractivity contribution in [3.63, 3.8) is 0 Å². The minimum Gasteiger partial charge on any atom is -0.453 e. The average Bonchev–Trinajstić information content (AvgIpc) is 2.57. The summed E-state index contributed by atoms with van der Waals surface area (Å²) in [4.78, 5) is 34.0. The first-order valence-electron chi connectivity index (χ1n) is 7.64. The molecule has 0 heterocycles. The molecule has 9 nitrogen and oxygen atoms in total. The number of alkyl carbamates (subject to hydrolysis) is 1. The van der Waals surface area contributed by atoms with Crippen molar-refractivity contribution >= 4 is 18.4 Å². The SMILES string of the molecule is CCOC(=O)Oc1ccc(CCNC(=O)OC)cc1OC(=O)OCC. The highest BCUT2D eigenvalue weighted by Crippen LogP contribution is 2.29. The highest BCUT2D eigenvalue weighted by molar-refractivity contribution is 5.69. The molecule has 138 valence electrons. The summed E-state index contributed by atoms with van der Waals surface area (Å²) in [6, 6.07) is 4.62. The fourth-order valence-electron chi connectivity index (χ4n) is 1.73. The lowest BCUT2D eigenvalue weighted by Gasteiger charge is -2.12. The fraction of sp³-hybridized carbons (Fsp3) is 0.438. The summed E-state index contributed by atoms with van der Waals surface area (Å²) in [5, 5.41) is 2.53. The molecular formula is C16H21NO8. The predicted molar refractivity (Wildman–Crippen MR) is 85.9 cm³/mol. The highest BCUT2D eigenvalue weighted by atomic mass is 16.7. The van der Waals surface area contributed by atoms with E-state index >= 15 is 0 Å². The van der Waals surface area contributed by atoms with Crippen LogP contribution < -0.4 is 14.8 Å². The van der Waals surface area contributed by atoms with Crippen LogP contribution in [0.2, 0.25) is 0 Å². The van der Waals surface area contributed by atoms with Gasteiger partial charge < -0.3 is 29.0 Å². The molecule has 0 spiro atoms. The number of hydrogen-bond donors (Lipinski definition) is 1. The van der Waals surface area contributed by atoms with Crippen LogP contribution in [-0.2, 0) is 20.6 Å². The van der Waals surface area contributed by atoms with Crippen molar-refractivity contribution in [1.82, 2.24) is 5.32 Å². The smallest absolute Gasteiger partial charge is 0.453 e. The summed E-state index contributed by atoms with van der Waals surface area (Å²) < 4.78 is 23.9. The summed E-state index contributed by atoms with van der Waals surface area (Å²) >= 11 is 0. The molecule has 1 amide bonds. The number of benzene rings is 1. The number of rotatable bonds is 7. The van der Waals surface area contributed by atoms with Gasteiger partial charge in [-0.15, -0.1) is 0 Å². The van der Waals surface area contributed by atoms with Gasteiger partial charge in [0.15, 0.2) is 11.5 Å². The number of carbonyl (C=O) groups is 3. The highest BCUT2D eigenvalue weighted by Gasteiger charge is 2.16. The predicted octanol–water partition coefficient (Wildman–Crippen LogP) is 2.66. The molecular weight excluding hydrogens is 334 g/mol. The second kappa shape index (κ2) is 10.7. The van der Waals surface area contributed by atoms with E-state index in [0.29, 0.717) is 13.0 Å². The van der Waals surface area contributed by atoms with E-state index in [1.807, 2.05) is 0 Å². The molecule has 1 rings (SSSR count). The first-order valence-corrected chi connectivity index (χ1v) is 7.64. The van der Waals surface area contributed by atoms with Gasteiger partial charge in [0.1, 0.15) is 0 Å². The van der Waals surface area contributed by atoms with Crippen molar-refractivity contribution in [1.29, 1.82) is 0 Å². The van der Waals surface area contributed by atoms with E-state index in [1.54, 1.807) is 19.9 Å². The standard InChI is InChI=1S/C16H21NO8/c1-4-22-15(19)24-12-7-6-11(8-9-17-14(18)21-3)10-13(12)25-16(20)23-5-2/h6-7,10H,4-5,8-9H2,1-3H3,(H,17,18). The normalized spacial score (nSPS) is 9.72. The molecule has 0 fully saturated rings. The molecule has 0 aromatic heterocycles. The van der Waals surface area contributed by atoms with Crippen molar-refractivity contribution in [2.75, 3.05) is 26.9 Å². The van der Waals surface area contributed by atoms with Crippen LogP contribution in [-0.4, -0.2) is 45.3 Å². The van der Waals surface area contributed by atoms with Crippen molar-refractivity contribution < 1.29 is 38.1 Å². The Morgan fingerprint density at radius 3 is 2.12 bits per heavy atom. The van der Waals surface area contributed by atoms with Gasteiger partial charge >= 0.3 is 18.4 Å².